The zero-order chi connectivity index (χ0) is 17.4. The minimum atomic E-state index is -0.176. The molecule has 2 aromatic heterocycles. The number of hydrogen-bond donors (Lipinski definition) is 0. The number of hydrogen-bond acceptors (Lipinski definition) is 5. The van der Waals surface area contributed by atoms with E-state index in [1.54, 1.807) is 25.1 Å². The number of amides is 1. The smallest absolute Gasteiger partial charge is 0.292 e. The third kappa shape index (κ3) is 2.67. The van der Waals surface area contributed by atoms with Gasteiger partial charge in [-0.25, -0.2) is 9.97 Å². The van der Waals surface area contributed by atoms with Gasteiger partial charge in [0.15, 0.2) is 6.39 Å². The average molecular weight is 338 g/mol. The molecule has 4 rings (SSSR count). The molecule has 0 N–H and O–H groups in total. The molecule has 0 spiro atoms. The van der Waals surface area contributed by atoms with E-state index in [0.29, 0.717) is 18.8 Å². The minimum Gasteiger partial charge on any atom is -0.497 e. The largest absolute Gasteiger partial charge is 0.497 e. The second-order valence-electron chi connectivity index (χ2n) is 5.98. The van der Waals surface area contributed by atoms with Gasteiger partial charge in [0.05, 0.1) is 25.4 Å². The van der Waals surface area contributed by atoms with Gasteiger partial charge in [-0.1, -0.05) is 12.1 Å². The molecule has 1 aromatic carbocycles. The van der Waals surface area contributed by atoms with Crippen LogP contribution in [0.5, 0.6) is 5.75 Å². The molecular weight excluding hydrogens is 320 g/mol. The molecule has 1 atom stereocenters. The molecule has 3 heterocycles. The average Bonchev–Trinajstić information content (AvgIpc) is 3.28. The molecule has 7 heteroatoms. The molecule has 0 bridgehead atoms. The van der Waals surface area contributed by atoms with Gasteiger partial charge < -0.3 is 18.6 Å². The van der Waals surface area contributed by atoms with Crippen molar-refractivity contribution in [2.24, 2.45) is 0 Å². The fraction of sp³-hybridized carbons (Fsp3) is 0.278. The molecule has 25 heavy (non-hydrogen) atoms. The fourth-order valence-electron chi connectivity index (χ4n) is 3.17. The predicted molar refractivity (Wildman–Crippen MR) is 89.1 cm³/mol. The van der Waals surface area contributed by atoms with Crippen LogP contribution in [-0.4, -0.2) is 32.5 Å². The molecule has 3 aromatic rings. The predicted octanol–water partition coefficient (Wildman–Crippen LogP) is 2.59. The first-order valence-corrected chi connectivity index (χ1v) is 8.02. The Balaban J connectivity index is 1.73. The molecule has 0 saturated carbocycles. The third-order valence-electron chi connectivity index (χ3n) is 4.56. The Morgan fingerprint density at radius 3 is 2.76 bits per heavy atom. The summed E-state index contributed by atoms with van der Waals surface area (Å²) >= 11 is 0. The first kappa shape index (κ1) is 15.4. The van der Waals surface area contributed by atoms with E-state index in [-0.39, 0.29) is 17.7 Å². The number of fused-ring (bicyclic) bond motifs is 1. The highest BCUT2D eigenvalue weighted by molar-refractivity contribution is 5.92. The molecule has 1 amide bonds. The zero-order valence-electron chi connectivity index (χ0n) is 14.0. The number of methoxy groups -OCH3 is 1. The number of ether oxygens (including phenoxy) is 1. The summed E-state index contributed by atoms with van der Waals surface area (Å²) in [5.41, 5.74) is 1.62. The van der Waals surface area contributed by atoms with Gasteiger partial charge in [-0.3, -0.25) is 4.79 Å². The summed E-state index contributed by atoms with van der Waals surface area (Å²) in [6.07, 6.45) is 5.00. The van der Waals surface area contributed by atoms with Gasteiger partial charge >= 0.3 is 0 Å². The van der Waals surface area contributed by atoms with Gasteiger partial charge in [-0.2, -0.15) is 0 Å². The molecule has 7 nitrogen and oxygen atoms in total. The highest BCUT2D eigenvalue weighted by Gasteiger charge is 2.34. The highest BCUT2D eigenvalue weighted by atomic mass is 16.5. The van der Waals surface area contributed by atoms with Crippen molar-refractivity contribution >= 4 is 5.91 Å². The van der Waals surface area contributed by atoms with Gasteiger partial charge in [-0.05, 0) is 24.6 Å². The number of rotatable bonds is 3. The lowest BCUT2D eigenvalue weighted by atomic mass is 10.0. The maximum atomic E-state index is 13.1. The van der Waals surface area contributed by atoms with Crippen LogP contribution in [0.1, 0.15) is 33.7 Å². The van der Waals surface area contributed by atoms with Crippen molar-refractivity contribution in [3.05, 3.63) is 65.9 Å². The SMILES string of the molecule is COc1ccc([C@H]2Cn3ccnc3CN2C(=O)c2ocnc2C)cc1. The van der Waals surface area contributed by atoms with Crippen LogP contribution in [0.15, 0.2) is 47.5 Å². The van der Waals surface area contributed by atoms with Crippen molar-refractivity contribution in [2.45, 2.75) is 26.1 Å². The summed E-state index contributed by atoms with van der Waals surface area (Å²) in [4.78, 5) is 23.2. The highest BCUT2D eigenvalue weighted by Crippen LogP contribution is 2.31. The monoisotopic (exact) mass is 338 g/mol. The van der Waals surface area contributed by atoms with Crippen molar-refractivity contribution < 1.29 is 13.9 Å². The molecule has 0 fully saturated rings. The second kappa shape index (κ2) is 6.08. The first-order chi connectivity index (χ1) is 12.2. The first-order valence-electron chi connectivity index (χ1n) is 8.02. The Morgan fingerprint density at radius 1 is 1.28 bits per heavy atom. The Hall–Kier alpha value is -3.09. The van der Waals surface area contributed by atoms with Gasteiger partial charge in [0, 0.05) is 18.9 Å². The summed E-state index contributed by atoms with van der Waals surface area (Å²) < 4.78 is 12.6. The third-order valence-corrected chi connectivity index (χ3v) is 4.56. The van der Waals surface area contributed by atoms with E-state index in [9.17, 15) is 4.79 Å². The van der Waals surface area contributed by atoms with E-state index in [0.717, 1.165) is 17.1 Å². The Morgan fingerprint density at radius 2 is 2.08 bits per heavy atom. The van der Waals surface area contributed by atoms with Gasteiger partial charge in [-0.15, -0.1) is 0 Å². The van der Waals surface area contributed by atoms with E-state index in [1.807, 2.05) is 30.5 Å². The van der Waals surface area contributed by atoms with E-state index < -0.39 is 0 Å². The van der Waals surface area contributed by atoms with Gasteiger partial charge in [0.2, 0.25) is 5.76 Å². The molecule has 0 radical (unpaired) electrons. The Bertz CT molecular complexity index is 897. The quantitative estimate of drug-likeness (QED) is 0.734. The van der Waals surface area contributed by atoms with E-state index in [4.69, 9.17) is 9.15 Å². The maximum Gasteiger partial charge on any atom is 0.292 e. The van der Waals surface area contributed by atoms with Crippen molar-refractivity contribution in [3.63, 3.8) is 0 Å². The summed E-state index contributed by atoms with van der Waals surface area (Å²) in [7, 11) is 1.63. The van der Waals surface area contributed by atoms with Crippen LogP contribution in [0.4, 0.5) is 0 Å². The summed E-state index contributed by atoms with van der Waals surface area (Å²) in [6.45, 7) is 2.83. The van der Waals surface area contributed by atoms with Gasteiger partial charge in [0.25, 0.3) is 5.91 Å². The minimum absolute atomic E-state index is 0.121. The lowest BCUT2D eigenvalue weighted by molar-refractivity contribution is 0.0550. The number of aryl methyl sites for hydroxylation is 1. The topological polar surface area (TPSA) is 73.4 Å². The van der Waals surface area contributed by atoms with Crippen LogP contribution in [0.25, 0.3) is 0 Å². The molecule has 0 saturated heterocycles. The van der Waals surface area contributed by atoms with Crippen LogP contribution >= 0.6 is 0 Å². The molecule has 0 aliphatic carbocycles. The lowest BCUT2D eigenvalue weighted by Gasteiger charge is -2.36. The van der Waals surface area contributed by atoms with E-state index >= 15 is 0 Å². The Labute approximate surface area is 144 Å². The number of carbonyl (C=O) groups is 1. The standard InChI is InChI=1S/C18H18N4O3/c1-12-17(25-11-20-12)18(23)22-10-16-19-7-8-21(16)9-15(22)13-3-5-14(24-2)6-4-13/h3-8,11,15H,9-10H2,1-2H3/t15-/m1/s1. The summed E-state index contributed by atoms with van der Waals surface area (Å²) in [5.74, 6) is 1.74. The zero-order valence-corrected chi connectivity index (χ0v) is 14.0. The number of carbonyl (C=O) groups excluding carboxylic acids is 1. The number of nitrogens with zero attached hydrogens (tertiary/aromatic N) is 4. The number of benzene rings is 1. The van der Waals surface area contributed by atoms with Crippen molar-refractivity contribution in [2.75, 3.05) is 7.11 Å². The van der Waals surface area contributed by atoms with E-state index in [1.165, 1.54) is 6.39 Å². The maximum absolute atomic E-state index is 13.1. The van der Waals surface area contributed by atoms with Crippen molar-refractivity contribution in [1.82, 2.24) is 19.4 Å². The fourth-order valence-corrected chi connectivity index (χ4v) is 3.17. The molecular formula is C18H18N4O3. The molecule has 1 aliphatic rings. The Kier molecular flexibility index (Phi) is 3.76. The summed E-state index contributed by atoms with van der Waals surface area (Å²) in [6, 6.07) is 7.66. The lowest BCUT2D eigenvalue weighted by Crippen LogP contribution is -2.41. The van der Waals surface area contributed by atoms with Crippen LogP contribution in [0.2, 0.25) is 0 Å². The molecule has 1 aliphatic heterocycles. The summed E-state index contributed by atoms with van der Waals surface area (Å²) in [5, 5.41) is 0. The van der Waals surface area contributed by atoms with Crippen molar-refractivity contribution in [3.8, 4) is 5.75 Å². The van der Waals surface area contributed by atoms with Crippen LogP contribution in [0.3, 0.4) is 0 Å². The van der Waals surface area contributed by atoms with Gasteiger partial charge in [0.1, 0.15) is 11.6 Å². The molecule has 128 valence electrons. The normalized spacial score (nSPS) is 16.6. The van der Waals surface area contributed by atoms with Crippen LogP contribution in [-0.2, 0) is 13.1 Å². The molecule has 0 unspecified atom stereocenters. The number of imidazole rings is 1. The van der Waals surface area contributed by atoms with Crippen molar-refractivity contribution in [1.29, 1.82) is 0 Å². The van der Waals surface area contributed by atoms with Crippen LogP contribution < -0.4 is 4.74 Å². The second-order valence-corrected chi connectivity index (χ2v) is 5.98. The van der Waals surface area contributed by atoms with E-state index in [2.05, 4.69) is 14.5 Å². The van der Waals surface area contributed by atoms with Crippen LogP contribution in [0, 0.1) is 6.92 Å². The number of aromatic nitrogens is 3. The number of oxazole rings is 1.